The average Bonchev–Trinajstić information content (AvgIpc) is 2.50. The Kier molecular flexibility index (Phi) is 5.17. The van der Waals surface area contributed by atoms with Crippen molar-refractivity contribution in [2.75, 3.05) is 0 Å². The predicted molar refractivity (Wildman–Crippen MR) is 90.8 cm³/mol. The zero-order valence-corrected chi connectivity index (χ0v) is 13.5. The van der Waals surface area contributed by atoms with Gasteiger partial charge in [0.2, 0.25) is 0 Å². The molecule has 2 aromatic rings. The minimum atomic E-state index is -0.268. The summed E-state index contributed by atoms with van der Waals surface area (Å²) < 4.78 is 0. The Hall–Kier alpha value is -1.63. The van der Waals surface area contributed by atoms with Crippen molar-refractivity contribution in [3.05, 3.63) is 48.0 Å². The molecule has 0 heterocycles. The fourth-order valence-corrected chi connectivity index (χ4v) is 2.83. The predicted octanol–water partition coefficient (Wildman–Crippen LogP) is 6.02. The molecule has 112 valence electrons. The van der Waals surface area contributed by atoms with Gasteiger partial charge in [0.1, 0.15) is 0 Å². The molecule has 0 saturated carbocycles. The molecule has 0 aliphatic carbocycles. The second-order valence-electron chi connectivity index (χ2n) is 6.59. The molecular formula is C20H26O. The van der Waals surface area contributed by atoms with Crippen LogP contribution in [0.2, 0.25) is 0 Å². The van der Waals surface area contributed by atoms with E-state index in [-0.39, 0.29) is 11.2 Å². The average molecular weight is 282 g/mol. The van der Waals surface area contributed by atoms with Gasteiger partial charge in [-0.05, 0) is 23.3 Å². The van der Waals surface area contributed by atoms with Gasteiger partial charge in [0.25, 0.3) is 0 Å². The summed E-state index contributed by atoms with van der Waals surface area (Å²) in [7, 11) is 0. The number of ketones is 1. The van der Waals surface area contributed by atoms with E-state index in [1.54, 1.807) is 0 Å². The molecule has 0 aliphatic heterocycles. The Morgan fingerprint density at radius 2 is 1.67 bits per heavy atom. The van der Waals surface area contributed by atoms with E-state index in [2.05, 4.69) is 39.0 Å². The van der Waals surface area contributed by atoms with Crippen LogP contribution in [0.3, 0.4) is 0 Å². The van der Waals surface area contributed by atoms with Crippen LogP contribution in [0.15, 0.2) is 42.5 Å². The van der Waals surface area contributed by atoms with E-state index in [1.165, 1.54) is 24.6 Å². The second-order valence-corrected chi connectivity index (χ2v) is 6.59. The van der Waals surface area contributed by atoms with Gasteiger partial charge in [-0.15, -0.1) is 0 Å². The van der Waals surface area contributed by atoms with Crippen molar-refractivity contribution in [2.45, 2.75) is 52.9 Å². The summed E-state index contributed by atoms with van der Waals surface area (Å²) in [5.41, 5.74) is 0.574. The van der Waals surface area contributed by atoms with Crippen LogP contribution in [-0.2, 0) is 0 Å². The third kappa shape index (κ3) is 3.93. The lowest BCUT2D eigenvalue weighted by atomic mass is 9.79. The summed E-state index contributed by atoms with van der Waals surface area (Å²) in [6.45, 7) is 6.37. The first-order valence-electron chi connectivity index (χ1n) is 8.08. The van der Waals surface area contributed by atoms with Crippen LogP contribution < -0.4 is 0 Å². The molecule has 0 unspecified atom stereocenters. The number of benzene rings is 2. The maximum Gasteiger partial charge on any atom is 0.168 e. The maximum absolute atomic E-state index is 12.8. The number of rotatable bonds is 7. The minimum absolute atomic E-state index is 0.268. The first kappa shape index (κ1) is 15.8. The van der Waals surface area contributed by atoms with Crippen LogP contribution in [0.5, 0.6) is 0 Å². The molecule has 0 aromatic heterocycles. The summed E-state index contributed by atoms with van der Waals surface area (Å²) in [4.78, 5) is 12.8. The third-order valence-electron chi connectivity index (χ3n) is 4.28. The van der Waals surface area contributed by atoms with E-state index in [4.69, 9.17) is 0 Å². The van der Waals surface area contributed by atoms with Crippen LogP contribution in [0.1, 0.15) is 63.2 Å². The lowest BCUT2D eigenvalue weighted by Crippen LogP contribution is -2.24. The minimum Gasteiger partial charge on any atom is -0.294 e. The Bertz CT molecular complexity index is 610. The number of hydrogen-bond donors (Lipinski definition) is 0. The highest BCUT2D eigenvalue weighted by Gasteiger charge is 2.27. The molecule has 0 fully saturated rings. The maximum atomic E-state index is 12.8. The number of carbonyl (C=O) groups is 1. The van der Waals surface area contributed by atoms with Crippen LogP contribution >= 0.6 is 0 Å². The molecular weight excluding hydrogens is 256 g/mol. The van der Waals surface area contributed by atoms with Gasteiger partial charge in [-0.25, -0.2) is 0 Å². The molecule has 0 atom stereocenters. The fourth-order valence-electron chi connectivity index (χ4n) is 2.83. The molecule has 0 amide bonds. The van der Waals surface area contributed by atoms with Crippen LogP contribution in [0.4, 0.5) is 0 Å². The van der Waals surface area contributed by atoms with Crippen molar-refractivity contribution in [2.24, 2.45) is 5.41 Å². The summed E-state index contributed by atoms with van der Waals surface area (Å²) in [6.07, 6.45) is 5.84. The fraction of sp³-hybridized carbons (Fsp3) is 0.450. The highest BCUT2D eigenvalue weighted by molar-refractivity contribution is 6.03. The second kappa shape index (κ2) is 6.89. The normalized spacial score (nSPS) is 11.8. The molecule has 0 radical (unpaired) electrons. The quantitative estimate of drug-likeness (QED) is 0.448. The van der Waals surface area contributed by atoms with Gasteiger partial charge >= 0.3 is 0 Å². The van der Waals surface area contributed by atoms with Crippen molar-refractivity contribution in [1.82, 2.24) is 0 Å². The highest BCUT2D eigenvalue weighted by atomic mass is 16.1. The number of hydrogen-bond acceptors (Lipinski definition) is 1. The Labute approximate surface area is 128 Å². The smallest absolute Gasteiger partial charge is 0.168 e. The molecule has 1 nitrogen and oxygen atoms in total. The van der Waals surface area contributed by atoms with Gasteiger partial charge in [-0.2, -0.15) is 0 Å². The van der Waals surface area contributed by atoms with E-state index in [0.29, 0.717) is 0 Å². The molecule has 0 N–H and O–H groups in total. The lowest BCUT2D eigenvalue weighted by molar-refractivity contribution is 0.0823. The number of Topliss-reactive ketones (excluding diaryl/α,β-unsaturated/α-hetero) is 1. The summed E-state index contributed by atoms with van der Waals surface area (Å²) in [6, 6.07) is 14.3. The van der Waals surface area contributed by atoms with E-state index >= 15 is 0 Å². The van der Waals surface area contributed by atoms with E-state index in [0.717, 1.165) is 23.8 Å². The monoisotopic (exact) mass is 282 g/mol. The molecule has 0 aliphatic rings. The van der Waals surface area contributed by atoms with Crippen molar-refractivity contribution in [1.29, 1.82) is 0 Å². The Morgan fingerprint density at radius 3 is 2.38 bits per heavy atom. The van der Waals surface area contributed by atoms with Crippen LogP contribution in [0.25, 0.3) is 10.8 Å². The van der Waals surface area contributed by atoms with Gasteiger partial charge < -0.3 is 0 Å². The van der Waals surface area contributed by atoms with Gasteiger partial charge in [0, 0.05) is 11.0 Å². The zero-order chi connectivity index (χ0) is 15.3. The molecule has 0 bridgehead atoms. The molecule has 2 aromatic carbocycles. The SMILES string of the molecule is CCCCCCC(C)(C)C(=O)c1ccc2ccccc2c1. The standard InChI is InChI=1S/C20H26O/c1-4-5-6-9-14-20(2,3)19(21)18-13-12-16-10-7-8-11-17(16)15-18/h7-8,10-13,15H,4-6,9,14H2,1-3H3. The molecule has 0 spiro atoms. The lowest BCUT2D eigenvalue weighted by Gasteiger charge is -2.23. The molecule has 1 heteroatoms. The van der Waals surface area contributed by atoms with Gasteiger partial charge in [-0.3, -0.25) is 4.79 Å². The third-order valence-corrected chi connectivity index (χ3v) is 4.28. The number of carbonyl (C=O) groups excluding carboxylic acids is 1. The summed E-state index contributed by atoms with van der Waals surface area (Å²) in [5, 5.41) is 2.33. The summed E-state index contributed by atoms with van der Waals surface area (Å²) in [5.74, 6) is 0.268. The van der Waals surface area contributed by atoms with Gasteiger partial charge in [0.05, 0.1) is 0 Å². The van der Waals surface area contributed by atoms with Gasteiger partial charge in [0.15, 0.2) is 5.78 Å². The summed E-state index contributed by atoms with van der Waals surface area (Å²) >= 11 is 0. The van der Waals surface area contributed by atoms with Gasteiger partial charge in [-0.1, -0.05) is 82.9 Å². The zero-order valence-electron chi connectivity index (χ0n) is 13.5. The molecule has 0 saturated heterocycles. The van der Waals surface area contributed by atoms with Crippen LogP contribution in [0, 0.1) is 5.41 Å². The molecule has 21 heavy (non-hydrogen) atoms. The largest absolute Gasteiger partial charge is 0.294 e. The first-order valence-corrected chi connectivity index (χ1v) is 8.08. The Morgan fingerprint density at radius 1 is 0.952 bits per heavy atom. The number of fused-ring (bicyclic) bond motifs is 1. The molecule has 2 rings (SSSR count). The van der Waals surface area contributed by atoms with Crippen molar-refractivity contribution < 1.29 is 4.79 Å². The van der Waals surface area contributed by atoms with Crippen molar-refractivity contribution >= 4 is 16.6 Å². The Balaban J connectivity index is 2.12. The van der Waals surface area contributed by atoms with Crippen molar-refractivity contribution in [3.8, 4) is 0 Å². The highest BCUT2D eigenvalue weighted by Crippen LogP contribution is 2.29. The van der Waals surface area contributed by atoms with E-state index in [1.807, 2.05) is 24.3 Å². The van der Waals surface area contributed by atoms with E-state index < -0.39 is 0 Å². The topological polar surface area (TPSA) is 17.1 Å². The van der Waals surface area contributed by atoms with E-state index in [9.17, 15) is 4.79 Å². The number of unbranched alkanes of at least 4 members (excludes halogenated alkanes) is 3. The first-order chi connectivity index (χ1) is 10.0. The van der Waals surface area contributed by atoms with Crippen LogP contribution in [-0.4, -0.2) is 5.78 Å². The van der Waals surface area contributed by atoms with Crippen molar-refractivity contribution in [3.63, 3.8) is 0 Å².